The number of benzene rings is 2. The number of imidazole rings is 1. The minimum Gasteiger partial charge on any atom is -0.467 e. The van der Waals surface area contributed by atoms with Crippen molar-refractivity contribution in [1.82, 2.24) is 14.5 Å². The zero-order chi connectivity index (χ0) is 21.4. The second kappa shape index (κ2) is 7.62. The molecule has 3 aromatic rings. The van der Waals surface area contributed by atoms with Crippen LogP contribution in [0.5, 0.6) is 0 Å². The Morgan fingerprint density at radius 2 is 1.87 bits per heavy atom. The monoisotopic (exact) mass is 405 g/mol. The summed E-state index contributed by atoms with van der Waals surface area (Å²) >= 11 is 0. The molecule has 1 atom stereocenters. The molecule has 0 radical (unpaired) electrons. The van der Waals surface area contributed by atoms with Crippen LogP contribution in [0.1, 0.15) is 28.8 Å². The van der Waals surface area contributed by atoms with Gasteiger partial charge in [-0.3, -0.25) is 10.2 Å². The number of nitrogen functional groups attached to an aromatic ring is 1. The van der Waals surface area contributed by atoms with Crippen LogP contribution in [0.4, 0.5) is 0 Å². The number of esters is 1. The first-order valence-corrected chi connectivity index (χ1v) is 9.71. The van der Waals surface area contributed by atoms with Gasteiger partial charge in [0.05, 0.1) is 18.1 Å². The number of ether oxygens (including phenoxy) is 1. The lowest BCUT2D eigenvalue weighted by atomic mass is 10.1. The van der Waals surface area contributed by atoms with Crippen LogP contribution in [0.25, 0.3) is 22.4 Å². The van der Waals surface area contributed by atoms with Crippen LogP contribution in [0.3, 0.4) is 0 Å². The van der Waals surface area contributed by atoms with Crippen LogP contribution in [0.2, 0.25) is 0 Å². The first-order chi connectivity index (χ1) is 14.4. The highest BCUT2D eigenvalue weighted by molar-refractivity contribution is 6.00. The van der Waals surface area contributed by atoms with E-state index in [1.807, 2.05) is 29.8 Å². The number of carbonyl (C=O) groups is 2. The van der Waals surface area contributed by atoms with Gasteiger partial charge in [0.1, 0.15) is 17.7 Å². The number of nitrogens with one attached hydrogen (secondary N) is 1. The molecule has 1 unspecified atom stereocenters. The topological polar surface area (TPSA) is 114 Å². The molecule has 4 rings (SSSR count). The minimum absolute atomic E-state index is 0.0156. The molecule has 0 aliphatic carbocycles. The van der Waals surface area contributed by atoms with Crippen LogP contribution in [0.15, 0.2) is 42.5 Å². The minimum atomic E-state index is -0.530. The highest BCUT2D eigenvalue weighted by Gasteiger charge is 2.35. The molecular weight excluding hydrogens is 382 g/mol. The van der Waals surface area contributed by atoms with Crippen LogP contribution in [-0.4, -0.2) is 51.9 Å². The maximum atomic E-state index is 13.0. The maximum Gasteiger partial charge on any atom is 0.328 e. The summed E-state index contributed by atoms with van der Waals surface area (Å²) in [6.45, 7) is 0.534. The molecule has 1 aromatic heterocycles. The summed E-state index contributed by atoms with van der Waals surface area (Å²) < 4.78 is 6.80. The van der Waals surface area contributed by atoms with Crippen LogP contribution in [-0.2, 0) is 16.6 Å². The number of likely N-dealkylation sites (tertiary alicyclic amines) is 1. The first kappa shape index (κ1) is 19.6. The van der Waals surface area contributed by atoms with Crippen molar-refractivity contribution in [2.45, 2.75) is 18.9 Å². The number of carbonyl (C=O) groups excluding carboxylic acids is 2. The zero-order valence-corrected chi connectivity index (χ0v) is 16.9. The average Bonchev–Trinajstić information content (AvgIpc) is 3.37. The van der Waals surface area contributed by atoms with E-state index in [2.05, 4.69) is 0 Å². The summed E-state index contributed by atoms with van der Waals surface area (Å²) in [7, 11) is 3.26. The van der Waals surface area contributed by atoms with Crippen molar-refractivity contribution in [2.75, 3.05) is 13.7 Å². The summed E-state index contributed by atoms with van der Waals surface area (Å²) in [5, 5.41) is 7.52. The fourth-order valence-electron chi connectivity index (χ4n) is 3.95. The molecule has 1 amide bonds. The molecule has 8 heteroatoms. The predicted octanol–water partition coefficient (Wildman–Crippen LogP) is 2.30. The molecular formula is C22H23N5O3. The number of hydrogen-bond acceptors (Lipinski definition) is 5. The third-order valence-corrected chi connectivity index (χ3v) is 5.57. The Kier molecular flexibility index (Phi) is 4.99. The fraction of sp³-hybridized carbons (Fsp3) is 0.273. The summed E-state index contributed by atoms with van der Waals surface area (Å²) in [6.07, 6.45) is 1.39. The smallest absolute Gasteiger partial charge is 0.328 e. The van der Waals surface area contributed by atoms with Crippen molar-refractivity contribution >= 4 is 28.7 Å². The number of nitrogens with two attached hydrogens (primary N) is 1. The molecule has 2 aromatic carbocycles. The van der Waals surface area contributed by atoms with Crippen molar-refractivity contribution in [3.8, 4) is 11.4 Å². The second-order valence-corrected chi connectivity index (χ2v) is 7.37. The average molecular weight is 405 g/mol. The predicted molar refractivity (Wildman–Crippen MR) is 113 cm³/mol. The molecule has 0 spiro atoms. The molecule has 1 fully saturated rings. The molecule has 30 heavy (non-hydrogen) atoms. The van der Waals surface area contributed by atoms with E-state index in [1.165, 1.54) is 7.11 Å². The highest BCUT2D eigenvalue weighted by Crippen LogP contribution is 2.27. The molecule has 1 aliphatic rings. The summed E-state index contributed by atoms with van der Waals surface area (Å²) in [5.41, 5.74) is 9.14. The van der Waals surface area contributed by atoms with Crippen LogP contribution in [0, 0.1) is 5.41 Å². The standard InChI is InChI=1S/C22H23N5O3/c1-26-17-10-9-15(21(28)27-11-3-4-18(27)22(29)30-2)12-16(17)25-20(26)14-7-5-13(6-8-14)19(23)24/h5-10,12,18H,3-4,11H2,1-2H3,(H3,23,24). The quantitative estimate of drug-likeness (QED) is 0.393. The van der Waals surface area contributed by atoms with E-state index in [4.69, 9.17) is 20.9 Å². The van der Waals surface area contributed by atoms with Gasteiger partial charge in [-0.1, -0.05) is 24.3 Å². The van der Waals surface area contributed by atoms with Crippen molar-refractivity contribution in [3.63, 3.8) is 0 Å². The van der Waals surface area contributed by atoms with E-state index in [-0.39, 0.29) is 17.7 Å². The third kappa shape index (κ3) is 3.30. The molecule has 154 valence electrons. The lowest BCUT2D eigenvalue weighted by molar-refractivity contribution is -0.145. The Labute approximate surface area is 173 Å². The summed E-state index contributed by atoms with van der Waals surface area (Å²) in [5.74, 6) is 0.194. The molecule has 1 aliphatic heterocycles. The van der Waals surface area contributed by atoms with Gasteiger partial charge < -0.3 is 19.9 Å². The normalized spacial score (nSPS) is 16.1. The van der Waals surface area contributed by atoms with Crippen molar-refractivity contribution in [3.05, 3.63) is 53.6 Å². The molecule has 1 saturated heterocycles. The van der Waals surface area contributed by atoms with E-state index >= 15 is 0 Å². The maximum absolute atomic E-state index is 13.0. The second-order valence-electron chi connectivity index (χ2n) is 7.37. The van der Waals surface area contributed by atoms with Crippen LogP contribution < -0.4 is 5.73 Å². The first-order valence-electron chi connectivity index (χ1n) is 9.71. The van der Waals surface area contributed by atoms with Gasteiger partial charge in [-0.05, 0) is 31.0 Å². The van der Waals surface area contributed by atoms with Gasteiger partial charge in [0, 0.05) is 30.3 Å². The Bertz CT molecular complexity index is 1150. The van der Waals surface area contributed by atoms with E-state index in [1.54, 1.807) is 29.2 Å². The zero-order valence-electron chi connectivity index (χ0n) is 16.9. The number of aryl methyl sites for hydroxylation is 1. The molecule has 8 nitrogen and oxygen atoms in total. The van der Waals surface area contributed by atoms with Crippen molar-refractivity contribution < 1.29 is 14.3 Å². The Balaban J connectivity index is 1.67. The molecule has 0 bridgehead atoms. The molecule has 0 saturated carbocycles. The van der Waals surface area contributed by atoms with Crippen molar-refractivity contribution in [1.29, 1.82) is 5.41 Å². The third-order valence-electron chi connectivity index (χ3n) is 5.57. The van der Waals surface area contributed by atoms with Crippen molar-refractivity contribution in [2.24, 2.45) is 12.8 Å². The number of aromatic nitrogens is 2. The summed E-state index contributed by atoms with van der Waals surface area (Å²) in [6, 6.07) is 12.2. The Morgan fingerprint density at radius 3 is 2.53 bits per heavy atom. The number of fused-ring (bicyclic) bond motifs is 1. The number of hydrogen-bond donors (Lipinski definition) is 2. The Morgan fingerprint density at radius 1 is 1.17 bits per heavy atom. The summed E-state index contributed by atoms with van der Waals surface area (Å²) in [4.78, 5) is 31.3. The van der Waals surface area contributed by atoms with E-state index in [9.17, 15) is 9.59 Å². The van der Waals surface area contributed by atoms with Gasteiger partial charge >= 0.3 is 5.97 Å². The largest absolute Gasteiger partial charge is 0.467 e. The van der Waals surface area contributed by atoms with Gasteiger partial charge in [0.2, 0.25) is 0 Å². The lowest BCUT2D eigenvalue weighted by Gasteiger charge is -2.22. The molecule has 2 heterocycles. The van der Waals surface area contributed by atoms with Gasteiger partial charge in [-0.25, -0.2) is 9.78 Å². The number of nitrogens with zero attached hydrogens (tertiary/aromatic N) is 3. The van der Waals surface area contributed by atoms with Gasteiger partial charge in [-0.2, -0.15) is 0 Å². The van der Waals surface area contributed by atoms with E-state index in [0.717, 1.165) is 23.3 Å². The van der Waals surface area contributed by atoms with E-state index in [0.29, 0.717) is 29.6 Å². The Hall–Kier alpha value is -3.68. The van der Waals surface area contributed by atoms with Gasteiger partial charge in [0.15, 0.2) is 0 Å². The van der Waals surface area contributed by atoms with Gasteiger partial charge in [-0.15, -0.1) is 0 Å². The molecule has 3 N–H and O–H groups in total. The number of amides is 1. The SMILES string of the molecule is COC(=O)C1CCCN1C(=O)c1ccc2c(c1)nc(-c1ccc(C(=N)N)cc1)n2C. The number of amidine groups is 1. The fourth-order valence-corrected chi connectivity index (χ4v) is 3.95. The number of methoxy groups -OCH3 is 1. The van der Waals surface area contributed by atoms with Gasteiger partial charge in [0.25, 0.3) is 5.91 Å². The van der Waals surface area contributed by atoms with Crippen LogP contribution >= 0.6 is 0 Å². The van der Waals surface area contributed by atoms with E-state index < -0.39 is 6.04 Å². The number of rotatable bonds is 4. The highest BCUT2D eigenvalue weighted by atomic mass is 16.5. The lowest BCUT2D eigenvalue weighted by Crippen LogP contribution is -2.41.